The van der Waals surface area contributed by atoms with Gasteiger partial charge in [0.1, 0.15) is 12.1 Å². The highest BCUT2D eigenvalue weighted by molar-refractivity contribution is 6.01. The second-order valence-corrected chi connectivity index (χ2v) is 11.7. The predicted octanol–water partition coefficient (Wildman–Crippen LogP) is 3.68. The van der Waals surface area contributed by atoms with Gasteiger partial charge in [0, 0.05) is 22.8 Å². The van der Waals surface area contributed by atoms with E-state index >= 15 is 4.39 Å². The van der Waals surface area contributed by atoms with Crippen LogP contribution in [0.15, 0.2) is 23.8 Å². The lowest BCUT2D eigenvalue weighted by atomic mass is 9.44. The molecule has 0 saturated heterocycles. The highest BCUT2D eigenvalue weighted by Gasteiger charge is 2.77. The lowest BCUT2D eigenvalue weighted by Crippen LogP contribution is -2.74. The summed E-state index contributed by atoms with van der Waals surface area (Å²) < 4.78 is 17.4. The highest BCUT2D eigenvalue weighted by atomic mass is 19.1. The Morgan fingerprint density at radius 2 is 1.94 bits per heavy atom. The van der Waals surface area contributed by atoms with Gasteiger partial charge in [-0.25, -0.2) is 9.18 Å². The number of aliphatic hydroxyl groups is 2. The van der Waals surface area contributed by atoms with Crippen molar-refractivity contribution in [1.82, 2.24) is 4.90 Å². The Kier molecular flexibility index (Phi) is 6.12. The minimum atomic E-state index is -2.07. The molecule has 0 heterocycles. The molecule has 3 saturated carbocycles. The summed E-state index contributed by atoms with van der Waals surface area (Å²) in [6.07, 6.45) is 3.31. The smallest absolute Gasteiger partial charge is 0.408 e. The van der Waals surface area contributed by atoms with Crippen molar-refractivity contribution in [3.63, 3.8) is 0 Å². The van der Waals surface area contributed by atoms with E-state index < -0.39 is 70.4 Å². The maximum atomic E-state index is 17.4. The molecule has 8 heteroatoms. The summed E-state index contributed by atoms with van der Waals surface area (Å²) in [5.74, 6) is -2.30. The van der Waals surface area contributed by atoms with Crippen molar-refractivity contribution in [3.05, 3.63) is 23.8 Å². The number of alkyl halides is 1. The number of carbonyl (C=O) groups is 3. The van der Waals surface area contributed by atoms with Gasteiger partial charge >= 0.3 is 6.09 Å². The molecule has 4 unspecified atom stereocenters. The first-order valence-corrected chi connectivity index (χ1v) is 12.7. The van der Waals surface area contributed by atoms with Crippen molar-refractivity contribution < 1.29 is 34.1 Å². The monoisotopic (exact) mass is 491 g/mol. The molecule has 35 heavy (non-hydrogen) atoms. The van der Waals surface area contributed by atoms with Gasteiger partial charge < -0.3 is 15.3 Å². The first-order chi connectivity index (χ1) is 16.3. The molecule has 0 spiro atoms. The predicted molar refractivity (Wildman–Crippen MR) is 127 cm³/mol. The number of halogens is 1. The first-order valence-electron chi connectivity index (χ1n) is 12.7. The summed E-state index contributed by atoms with van der Waals surface area (Å²) in [5, 5.41) is 32.0. The van der Waals surface area contributed by atoms with Crippen LogP contribution in [0.3, 0.4) is 0 Å². The maximum Gasteiger partial charge on any atom is 0.408 e. The van der Waals surface area contributed by atoms with E-state index in [9.17, 15) is 29.7 Å². The lowest BCUT2D eigenvalue weighted by Gasteiger charge is -2.64. The van der Waals surface area contributed by atoms with Crippen LogP contribution in [0.5, 0.6) is 0 Å². The Labute approximate surface area is 206 Å². The molecule has 194 valence electrons. The van der Waals surface area contributed by atoms with Gasteiger partial charge in [-0.15, -0.1) is 0 Å². The average Bonchev–Trinajstić information content (AvgIpc) is 3.02. The number of carboxylic acid groups (broad SMARTS) is 1. The SMILES string of the molecule is CCC(C)N(C(=O)O)[C@@]1(C(=O)CO)[C@@H](C)CC2C3CCC4=CC(=O)C=C[C@]4(C)C3(F)[C@@H](O)C[C@@]21C. The van der Waals surface area contributed by atoms with Crippen LogP contribution in [-0.4, -0.2) is 67.8 Å². The zero-order valence-corrected chi connectivity index (χ0v) is 21.3. The van der Waals surface area contributed by atoms with Gasteiger partial charge in [0.25, 0.3) is 0 Å². The topological polar surface area (TPSA) is 115 Å². The molecule has 0 aromatic rings. The normalized spacial score (nSPS) is 45.1. The molecular weight excluding hydrogens is 453 g/mol. The molecule has 0 bridgehead atoms. The molecule has 4 aliphatic carbocycles. The van der Waals surface area contributed by atoms with Gasteiger partial charge in [-0.05, 0) is 69.9 Å². The number of aliphatic hydroxyl groups excluding tert-OH is 2. The van der Waals surface area contributed by atoms with Crippen LogP contribution in [0.1, 0.15) is 66.7 Å². The fourth-order valence-electron chi connectivity index (χ4n) is 8.78. The number of Topliss-reactive ketones (excluding diaryl/α,β-unsaturated/α-hetero) is 1. The summed E-state index contributed by atoms with van der Waals surface area (Å²) in [5.41, 5.74) is -5.24. The van der Waals surface area contributed by atoms with Gasteiger partial charge in [0.2, 0.25) is 0 Å². The van der Waals surface area contributed by atoms with Crippen molar-refractivity contribution >= 4 is 17.7 Å². The third kappa shape index (κ3) is 2.98. The Bertz CT molecular complexity index is 1010. The first kappa shape index (κ1) is 26.0. The molecule has 4 aliphatic rings. The second-order valence-electron chi connectivity index (χ2n) is 11.7. The number of nitrogens with zero attached hydrogens (tertiary/aromatic N) is 1. The van der Waals surface area contributed by atoms with Crippen LogP contribution in [-0.2, 0) is 9.59 Å². The van der Waals surface area contributed by atoms with Crippen LogP contribution in [0.4, 0.5) is 9.18 Å². The molecule has 7 nitrogen and oxygen atoms in total. The minimum Gasteiger partial charge on any atom is -0.465 e. The second kappa shape index (κ2) is 8.23. The minimum absolute atomic E-state index is 0.119. The van der Waals surface area contributed by atoms with Crippen LogP contribution < -0.4 is 0 Å². The summed E-state index contributed by atoms with van der Waals surface area (Å²) in [7, 11) is 0. The van der Waals surface area contributed by atoms with E-state index in [1.54, 1.807) is 19.9 Å². The number of carbonyl (C=O) groups excluding carboxylic acids is 2. The molecular formula is C27H38FNO6. The maximum absolute atomic E-state index is 17.4. The Balaban J connectivity index is 1.92. The fraction of sp³-hybridized carbons (Fsp3) is 0.741. The molecule has 4 rings (SSSR count). The zero-order valence-electron chi connectivity index (χ0n) is 21.3. The number of amides is 1. The number of ketones is 2. The van der Waals surface area contributed by atoms with Crippen LogP contribution >= 0.6 is 0 Å². The summed E-state index contributed by atoms with van der Waals surface area (Å²) in [4.78, 5) is 39.6. The third-order valence-electron chi connectivity index (χ3n) is 10.4. The lowest BCUT2D eigenvalue weighted by molar-refractivity contribution is -0.209. The summed E-state index contributed by atoms with van der Waals surface area (Å²) in [6, 6.07) is -0.513. The molecule has 1 amide bonds. The van der Waals surface area contributed by atoms with E-state index in [0.29, 0.717) is 31.3 Å². The van der Waals surface area contributed by atoms with Crippen molar-refractivity contribution in [2.45, 2.75) is 90.1 Å². The van der Waals surface area contributed by atoms with E-state index in [-0.39, 0.29) is 12.2 Å². The number of hydrogen-bond acceptors (Lipinski definition) is 5. The van der Waals surface area contributed by atoms with E-state index in [0.717, 1.165) is 0 Å². The van der Waals surface area contributed by atoms with Crippen molar-refractivity contribution in [2.75, 3.05) is 6.61 Å². The van der Waals surface area contributed by atoms with Gasteiger partial charge in [-0.1, -0.05) is 32.4 Å². The molecule has 0 aromatic heterocycles. The quantitative estimate of drug-likeness (QED) is 0.540. The Morgan fingerprint density at radius 1 is 1.29 bits per heavy atom. The van der Waals surface area contributed by atoms with Crippen molar-refractivity contribution in [3.8, 4) is 0 Å². The number of hydrogen-bond donors (Lipinski definition) is 3. The molecule has 0 radical (unpaired) electrons. The fourth-order valence-corrected chi connectivity index (χ4v) is 8.78. The Morgan fingerprint density at radius 3 is 2.51 bits per heavy atom. The summed E-state index contributed by atoms with van der Waals surface area (Å²) >= 11 is 0. The largest absolute Gasteiger partial charge is 0.465 e. The molecule has 3 N–H and O–H groups in total. The van der Waals surface area contributed by atoms with Crippen LogP contribution in [0, 0.1) is 28.6 Å². The zero-order chi connectivity index (χ0) is 26.1. The van der Waals surface area contributed by atoms with Crippen molar-refractivity contribution in [2.24, 2.45) is 28.6 Å². The van der Waals surface area contributed by atoms with E-state index in [1.807, 2.05) is 20.8 Å². The average molecular weight is 492 g/mol. The number of fused-ring (bicyclic) bond motifs is 5. The van der Waals surface area contributed by atoms with Gasteiger partial charge in [0.05, 0.1) is 6.10 Å². The highest BCUT2D eigenvalue weighted by Crippen LogP contribution is 2.71. The van der Waals surface area contributed by atoms with Crippen LogP contribution in [0.25, 0.3) is 0 Å². The molecule has 9 atom stereocenters. The number of rotatable bonds is 5. The molecule has 0 aromatic carbocycles. The molecule has 3 fully saturated rings. The summed E-state index contributed by atoms with van der Waals surface area (Å²) in [6.45, 7) is 8.11. The van der Waals surface area contributed by atoms with Gasteiger partial charge in [-0.3, -0.25) is 14.5 Å². The van der Waals surface area contributed by atoms with Crippen LogP contribution in [0.2, 0.25) is 0 Å². The van der Waals surface area contributed by atoms with Gasteiger partial charge in [0.15, 0.2) is 17.2 Å². The molecule has 0 aliphatic heterocycles. The number of allylic oxidation sites excluding steroid dienone is 4. The van der Waals surface area contributed by atoms with Crippen molar-refractivity contribution in [1.29, 1.82) is 0 Å². The third-order valence-corrected chi connectivity index (χ3v) is 10.4. The Hall–Kier alpha value is -2.06. The van der Waals surface area contributed by atoms with E-state index in [2.05, 4.69) is 0 Å². The standard InChI is InChI=1S/C27H38FNO6/c1-6-16(3)29(23(34)35)27(22(33)14-30)15(2)11-20-19-8-7-17-12-18(31)9-10-24(17,4)26(19,28)21(32)13-25(20,27)5/h9-10,12,15-16,19-21,30,32H,6-8,11,13-14H2,1-5H3,(H,34,35)/t15-,16?,19?,20?,21-,24-,25-,26?,27+/m0/s1. The van der Waals surface area contributed by atoms with Gasteiger partial charge in [-0.2, -0.15) is 0 Å². The van der Waals surface area contributed by atoms with E-state index in [4.69, 9.17) is 0 Å². The van der Waals surface area contributed by atoms with E-state index in [1.165, 1.54) is 17.1 Å².